The minimum absolute atomic E-state index is 0. The van der Waals surface area contributed by atoms with Gasteiger partial charge in [0.1, 0.15) is 6.23 Å². The highest BCUT2D eigenvalue weighted by molar-refractivity contribution is 6.68. The summed E-state index contributed by atoms with van der Waals surface area (Å²) in [6.45, 7) is 18.5. The lowest BCUT2D eigenvalue weighted by molar-refractivity contribution is 0.0377. The Morgan fingerprint density at radius 1 is 1.07 bits per heavy atom. The Bertz CT molecular complexity index is 320. The predicted molar refractivity (Wildman–Crippen MR) is 125 cm³/mol. The first-order valence-corrected chi connectivity index (χ1v) is 12.2. The van der Waals surface area contributed by atoms with Gasteiger partial charge in [-0.1, -0.05) is 34.3 Å². The van der Waals surface area contributed by atoms with Gasteiger partial charge >= 0.3 is 8.80 Å². The molecule has 2 heterocycles. The van der Waals surface area contributed by atoms with Gasteiger partial charge in [0.2, 0.25) is 0 Å². The van der Waals surface area contributed by atoms with Crippen LogP contribution < -0.4 is 5.73 Å². The molecule has 8 heteroatoms. The van der Waals surface area contributed by atoms with Crippen molar-refractivity contribution >= 4 is 8.80 Å². The fourth-order valence-corrected chi connectivity index (χ4v) is 4.03. The Morgan fingerprint density at radius 3 is 2.07 bits per heavy atom. The number of morpholine rings is 1. The van der Waals surface area contributed by atoms with Crippen molar-refractivity contribution in [3.8, 4) is 0 Å². The van der Waals surface area contributed by atoms with E-state index in [1.165, 1.54) is 6.42 Å². The number of rotatable bonds is 12. The second-order valence-electron chi connectivity index (χ2n) is 6.15. The molecule has 0 radical (unpaired) electrons. The van der Waals surface area contributed by atoms with Crippen LogP contribution in [0.5, 0.6) is 0 Å². The molecule has 2 aliphatic heterocycles. The fourth-order valence-electron chi connectivity index (χ4n) is 2.26. The summed E-state index contributed by atoms with van der Waals surface area (Å²) in [6.07, 6.45) is 5.97. The Morgan fingerprint density at radius 2 is 1.66 bits per heavy atom. The zero-order chi connectivity index (χ0) is 20.2. The lowest BCUT2D eigenvalue weighted by Gasteiger charge is -2.26. The SMILES string of the molecule is C.C.C=CCOCCCC.CCO[Si]1(OCC)CO1.NCCCN1CCOCC1. The molecule has 0 aromatic heterocycles. The lowest BCUT2D eigenvalue weighted by Crippen LogP contribution is -2.37. The van der Waals surface area contributed by atoms with Crippen molar-refractivity contribution in [1.82, 2.24) is 4.90 Å². The van der Waals surface area contributed by atoms with Crippen LogP contribution in [0.1, 0.15) is 54.9 Å². The maximum absolute atomic E-state index is 5.39. The van der Waals surface area contributed by atoms with E-state index in [1.807, 2.05) is 13.8 Å². The molecule has 2 rings (SSSR count). The number of hydrogen-bond donors (Lipinski definition) is 1. The summed E-state index contributed by atoms with van der Waals surface area (Å²) in [5, 5.41) is 0. The topological polar surface area (TPSA) is 78.7 Å². The minimum atomic E-state index is -1.95. The van der Waals surface area contributed by atoms with Crippen LogP contribution in [-0.4, -0.2) is 85.8 Å². The van der Waals surface area contributed by atoms with E-state index in [4.69, 9.17) is 28.5 Å². The van der Waals surface area contributed by atoms with E-state index in [-0.39, 0.29) is 14.9 Å². The van der Waals surface area contributed by atoms with Crippen LogP contribution in [0.3, 0.4) is 0 Å². The summed E-state index contributed by atoms with van der Waals surface area (Å²) in [6, 6.07) is 0. The van der Waals surface area contributed by atoms with Gasteiger partial charge in [-0.3, -0.25) is 4.90 Å². The molecule has 0 unspecified atom stereocenters. The third-order valence-electron chi connectivity index (χ3n) is 3.77. The molecule has 2 saturated heterocycles. The summed E-state index contributed by atoms with van der Waals surface area (Å²) in [4.78, 5) is 2.40. The summed E-state index contributed by atoms with van der Waals surface area (Å²) < 4.78 is 25.9. The molecule has 0 aliphatic carbocycles. The summed E-state index contributed by atoms with van der Waals surface area (Å²) in [5.41, 5.74) is 5.39. The molecule has 2 fully saturated rings. The fraction of sp³-hybridized carbons (Fsp3) is 0.905. The summed E-state index contributed by atoms with van der Waals surface area (Å²) >= 11 is 0. The third-order valence-corrected chi connectivity index (χ3v) is 5.99. The first kappa shape index (κ1) is 33.3. The van der Waals surface area contributed by atoms with Crippen molar-refractivity contribution in [2.24, 2.45) is 5.73 Å². The Balaban J connectivity index is -0.000000341. The highest BCUT2D eigenvalue weighted by atomic mass is 28.4. The van der Waals surface area contributed by atoms with Crippen molar-refractivity contribution in [2.75, 3.05) is 72.1 Å². The van der Waals surface area contributed by atoms with Crippen molar-refractivity contribution in [2.45, 2.75) is 54.9 Å². The highest BCUT2D eigenvalue weighted by Crippen LogP contribution is 2.22. The molecule has 0 spiro atoms. The van der Waals surface area contributed by atoms with Crippen LogP contribution in [0.2, 0.25) is 0 Å². The van der Waals surface area contributed by atoms with Gasteiger partial charge in [-0.05, 0) is 39.8 Å². The van der Waals surface area contributed by atoms with Crippen LogP contribution in [0.25, 0.3) is 0 Å². The zero-order valence-corrected chi connectivity index (χ0v) is 18.7. The summed E-state index contributed by atoms with van der Waals surface area (Å²) in [7, 11) is -1.95. The van der Waals surface area contributed by atoms with Crippen molar-refractivity contribution < 1.29 is 22.8 Å². The van der Waals surface area contributed by atoms with E-state index in [9.17, 15) is 0 Å². The monoisotopic (exact) mass is 438 g/mol. The molecular formula is C21H50N2O5Si. The van der Waals surface area contributed by atoms with Gasteiger partial charge in [-0.2, -0.15) is 0 Å². The van der Waals surface area contributed by atoms with Crippen LogP contribution in [-0.2, 0) is 22.8 Å². The average Bonchev–Trinajstić information content (AvgIpc) is 3.45. The Labute approximate surface area is 182 Å². The second-order valence-corrected chi connectivity index (χ2v) is 8.67. The smallest absolute Gasteiger partial charge is 0.379 e. The quantitative estimate of drug-likeness (QED) is 0.216. The van der Waals surface area contributed by atoms with Crippen LogP contribution >= 0.6 is 0 Å². The van der Waals surface area contributed by atoms with Gasteiger partial charge in [-0.15, -0.1) is 6.58 Å². The number of ether oxygens (including phenoxy) is 2. The first-order chi connectivity index (χ1) is 13.2. The van der Waals surface area contributed by atoms with E-state index >= 15 is 0 Å². The van der Waals surface area contributed by atoms with Gasteiger partial charge in [0.05, 0.1) is 19.8 Å². The van der Waals surface area contributed by atoms with Crippen molar-refractivity contribution in [1.29, 1.82) is 0 Å². The van der Waals surface area contributed by atoms with Crippen LogP contribution in [0, 0.1) is 0 Å². The zero-order valence-electron chi connectivity index (χ0n) is 17.7. The molecule has 0 saturated carbocycles. The molecule has 2 N–H and O–H groups in total. The molecule has 2 aliphatic rings. The van der Waals surface area contributed by atoms with Crippen LogP contribution in [0.4, 0.5) is 0 Å². The lowest BCUT2D eigenvalue weighted by atomic mass is 10.3. The number of hydrogen-bond acceptors (Lipinski definition) is 7. The molecule has 0 bridgehead atoms. The van der Waals surface area contributed by atoms with E-state index in [0.29, 0.717) is 26.1 Å². The van der Waals surface area contributed by atoms with Crippen molar-refractivity contribution in [3.05, 3.63) is 12.7 Å². The number of nitrogens with two attached hydrogens (primary N) is 1. The Kier molecular flexibility index (Phi) is 27.5. The highest BCUT2D eigenvalue weighted by Gasteiger charge is 2.55. The van der Waals surface area contributed by atoms with Crippen LogP contribution in [0.15, 0.2) is 12.7 Å². The average molecular weight is 439 g/mol. The van der Waals surface area contributed by atoms with Gasteiger partial charge in [0.15, 0.2) is 0 Å². The third kappa shape index (κ3) is 20.7. The molecule has 0 aromatic carbocycles. The molecule has 0 amide bonds. The van der Waals surface area contributed by atoms with Gasteiger partial charge < -0.3 is 28.5 Å². The maximum Gasteiger partial charge on any atom is 0.526 e. The summed E-state index contributed by atoms with van der Waals surface area (Å²) in [5.74, 6) is 0. The van der Waals surface area contributed by atoms with Crippen molar-refractivity contribution in [3.63, 3.8) is 0 Å². The predicted octanol–water partition coefficient (Wildman–Crippen LogP) is 3.50. The van der Waals surface area contributed by atoms with Gasteiger partial charge in [0.25, 0.3) is 0 Å². The molecule has 0 aromatic rings. The molecular weight excluding hydrogens is 388 g/mol. The Hall–Kier alpha value is -0.323. The van der Waals surface area contributed by atoms with E-state index in [2.05, 4.69) is 18.4 Å². The normalized spacial score (nSPS) is 16.7. The van der Waals surface area contributed by atoms with Gasteiger partial charge in [0, 0.05) is 32.9 Å². The molecule has 0 atom stereocenters. The standard InChI is InChI=1S/C7H16N2O.C7H14O.C5H12O3Si.2CH4/c8-2-1-3-9-4-6-10-7-5-9;1-3-5-7-8-6-4-2;1-3-6-9(5-8-9)7-4-2;;/h1-8H2;4H,2-3,5-7H2,1H3;3-5H2,1-2H3;2*1H4. The number of nitrogens with zero attached hydrogens (tertiary/aromatic N) is 1. The second kappa shape index (κ2) is 24.0. The molecule has 29 heavy (non-hydrogen) atoms. The van der Waals surface area contributed by atoms with E-state index in [1.54, 1.807) is 6.08 Å². The largest absolute Gasteiger partial charge is 0.526 e. The number of unbranched alkanes of at least 4 members (excludes halogenated alkanes) is 1. The minimum Gasteiger partial charge on any atom is -0.379 e. The molecule has 7 nitrogen and oxygen atoms in total. The van der Waals surface area contributed by atoms with E-state index in [0.717, 1.165) is 58.8 Å². The maximum atomic E-state index is 5.39. The van der Waals surface area contributed by atoms with E-state index < -0.39 is 8.80 Å². The first-order valence-electron chi connectivity index (χ1n) is 10.3. The van der Waals surface area contributed by atoms with Gasteiger partial charge in [-0.25, -0.2) is 0 Å². The molecule has 178 valence electrons.